The zero-order valence-electron chi connectivity index (χ0n) is 10.2. The fourth-order valence-electron chi connectivity index (χ4n) is 1.40. The molecule has 0 fully saturated rings. The highest BCUT2D eigenvalue weighted by Crippen LogP contribution is 2.23. The quantitative estimate of drug-likeness (QED) is 0.765. The fourth-order valence-corrected chi connectivity index (χ4v) is 2.32. The lowest BCUT2D eigenvalue weighted by Gasteiger charge is -2.18. The van der Waals surface area contributed by atoms with Crippen LogP contribution in [0.3, 0.4) is 0 Å². The van der Waals surface area contributed by atoms with Crippen molar-refractivity contribution in [3.63, 3.8) is 0 Å². The normalized spacial score (nSPS) is 9.89. The lowest BCUT2D eigenvalue weighted by Crippen LogP contribution is -2.33. The molecule has 0 aliphatic carbocycles. The number of hydrogen-bond donors (Lipinski definition) is 2. The van der Waals surface area contributed by atoms with Crippen LogP contribution in [-0.4, -0.2) is 41.5 Å². The van der Waals surface area contributed by atoms with Crippen molar-refractivity contribution in [2.75, 3.05) is 25.0 Å². The molecular formula is C12H16N2O3S. The Hall–Kier alpha value is -1.66. The zero-order valence-corrected chi connectivity index (χ0v) is 11.0. The Morgan fingerprint density at radius 2 is 2.28 bits per heavy atom. The van der Waals surface area contributed by atoms with E-state index in [2.05, 4.69) is 11.9 Å². The molecule has 0 saturated heterocycles. The lowest BCUT2D eigenvalue weighted by molar-refractivity contribution is -0.114. The summed E-state index contributed by atoms with van der Waals surface area (Å²) in [4.78, 5) is 25.0. The van der Waals surface area contributed by atoms with E-state index >= 15 is 0 Å². The number of aliphatic hydroxyl groups excluding tert-OH is 1. The molecule has 0 saturated carbocycles. The van der Waals surface area contributed by atoms with E-state index in [9.17, 15) is 9.59 Å². The van der Waals surface area contributed by atoms with Crippen molar-refractivity contribution in [1.82, 2.24) is 4.90 Å². The Morgan fingerprint density at radius 1 is 1.56 bits per heavy atom. The van der Waals surface area contributed by atoms with Crippen LogP contribution in [0.1, 0.15) is 16.6 Å². The third-order valence-corrected chi connectivity index (χ3v) is 3.11. The highest BCUT2D eigenvalue weighted by molar-refractivity contribution is 7.18. The van der Waals surface area contributed by atoms with Gasteiger partial charge in [0.15, 0.2) is 0 Å². The molecule has 0 atom stereocenters. The number of carbonyl (C=O) groups is 2. The van der Waals surface area contributed by atoms with E-state index in [1.54, 1.807) is 18.2 Å². The standard InChI is InChI=1S/C12H16N2O3S/c1-3-6-14(7-8-15)12(17)10-4-5-11(18-10)13-9(2)16/h3-5,15H,1,6-8H2,2H3,(H,13,16). The summed E-state index contributed by atoms with van der Waals surface area (Å²) in [6, 6.07) is 3.34. The van der Waals surface area contributed by atoms with Crippen molar-refractivity contribution in [3.05, 3.63) is 29.7 Å². The maximum absolute atomic E-state index is 12.1. The van der Waals surface area contributed by atoms with Crippen molar-refractivity contribution >= 4 is 28.2 Å². The van der Waals surface area contributed by atoms with Crippen LogP contribution in [0.15, 0.2) is 24.8 Å². The first kappa shape index (κ1) is 14.4. The van der Waals surface area contributed by atoms with Crippen molar-refractivity contribution < 1.29 is 14.7 Å². The number of nitrogens with zero attached hydrogens (tertiary/aromatic N) is 1. The Kier molecular flexibility index (Phi) is 5.54. The molecule has 0 aliphatic heterocycles. The second-order valence-electron chi connectivity index (χ2n) is 3.61. The summed E-state index contributed by atoms with van der Waals surface area (Å²) in [6.07, 6.45) is 1.61. The van der Waals surface area contributed by atoms with Gasteiger partial charge in [-0.1, -0.05) is 6.08 Å². The third-order valence-electron chi connectivity index (χ3n) is 2.12. The average Bonchev–Trinajstić information content (AvgIpc) is 2.75. The number of nitrogens with one attached hydrogen (secondary N) is 1. The molecule has 2 N–H and O–H groups in total. The highest BCUT2D eigenvalue weighted by atomic mass is 32.1. The number of carbonyl (C=O) groups excluding carboxylic acids is 2. The SMILES string of the molecule is C=CCN(CCO)C(=O)c1ccc(NC(C)=O)s1. The van der Waals surface area contributed by atoms with E-state index in [4.69, 9.17) is 5.11 Å². The Morgan fingerprint density at radius 3 is 2.83 bits per heavy atom. The number of amides is 2. The average molecular weight is 268 g/mol. The van der Waals surface area contributed by atoms with Gasteiger partial charge in [0.1, 0.15) is 0 Å². The van der Waals surface area contributed by atoms with Crippen LogP contribution in [0.2, 0.25) is 0 Å². The molecule has 98 valence electrons. The predicted octanol–water partition coefficient (Wildman–Crippen LogP) is 1.33. The van der Waals surface area contributed by atoms with Crippen LogP contribution in [0.4, 0.5) is 5.00 Å². The largest absolute Gasteiger partial charge is 0.395 e. The molecule has 2 amide bonds. The van der Waals surface area contributed by atoms with Gasteiger partial charge in [0.25, 0.3) is 5.91 Å². The molecule has 0 radical (unpaired) electrons. The van der Waals surface area contributed by atoms with Crippen molar-refractivity contribution in [1.29, 1.82) is 0 Å². The van der Waals surface area contributed by atoms with E-state index < -0.39 is 0 Å². The maximum atomic E-state index is 12.1. The summed E-state index contributed by atoms with van der Waals surface area (Å²) >= 11 is 1.21. The molecule has 18 heavy (non-hydrogen) atoms. The minimum Gasteiger partial charge on any atom is -0.395 e. The van der Waals surface area contributed by atoms with Crippen molar-refractivity contribution in [2.45, 2.75) is 6.92 Å². The van der Waals surface area contributed by atoms with Gasteiger partial charge in [0.2, 0.25) is 5.91 Å². The molecule has 5 nitrogen and oxygen atoms in total. The van der Waals surface area contributed by atoms with E-state index in [0.717, 1.165) is 0 Å². The summed E-state index contributed by atoms with van der Waals surface area (Å²) in [5.74, 6) is -0.347. The van der Waals surface area contributed by atoms with Crippen molar-refractivity contribution in [3.8, 4) is 0 Å². The van der Waals surface area contributed by atoms with Gasteiger partial charge in [-0.3, -0.25) is 9.59 Å². The molecule has 0 aromatic carbocycles. The minimum atomic E-state index is -0.175. The van der Waals surface area contributed by atoms with Crippen LogP contribution in [0, 0.1) is 0 Å². The Labute approximate surface area is 110 Å². The van der Waals surface area contributed by atoms with Crippen LogP contribution >= 0.6 is 11.3 Å². The summed E-state index contributed by atoms with van der Waals surface area (Å²) in [6.45, 7) is 5.54. The maximum Gasteiger partial charge on any atom is 0.264 e. The number of thiophene rings is 1. The Bertz CT molecular complexity index is 442. The number of aliphatic hydroxyl groups is 1. The lowest BCUT2D eigenvalue weighted by atomic mass is 10.3. The van der Waals surface area contributed by atoms with Gasteiger partial charge >= 0.3 is 0 Å². The molecule has 0 bridgehead atoms. The van der Waals surface area contributed by atoms with Gasteiger partial charge in [-0.25, -0.2) is 0 Å². The molecule has 0 aliphatic rings. The second kappa shape index (κ2) is 6.93. The first-order valence-corrected chi connectivity index (χ1v) is 6.28. The molecule has 1 aromatic rings. The van der Waals surface area contributed by atoms with Gasteiger partial charge in [-0.05, 0) is 12.1 Å². The zero-order chi connectivity index (χ0) is 13.5. The van der Waals surface area contributed by atoms with Gasteiger partial charge in [0, 0.05) is 20.0 Å². The number of anilines is 1. The molecular weight excluding hydrogens is 252 g/mol. The monoisotopic (exact) mass is 268 g/mol. The Balaban J connectivity index is 2.77. The molecule has 0 spiro atoms. The highest BCUT2D eigenvalue weighted by Gasteiger charge is 2.16. The van der Waals surface area contributed by atoms with Gasteiger partial charge in [-0.15, -0.1) is 17.9 Å². The van der Waals surface area contributed by atoms with E-state index in [0.29, 0.717) is 16.4 Å². The fraction of sp³-hybridized carbons (Fsp3) is 0.333. The van der Waals surface area contributed by atoms with E-state index in [1.807, 2.05) is 0 Å². The minimum absolute atomic E-state index is 0.0937. The van der Waals surface area contributed by atoms with E-state index in [-0.39, 0.29) is 25.0 Å². The van der Waals surface area contributed by atoms with Crippen LogP contribution in [0.25, 0.3) is 0 Å². The van der Waals surface area contributed by atoms with Crippen LogP contribution in [0.5, 0.6) is 0 Å². The molecule has 1 aromatic heterocycles. The van der Waals surface area contributed by atoms with Gasteiger partial charge in [-0.2, -0.15) is 0 Å². The molecule has 1 heterocycles. The van der Waals surface area contributed by atoms with Crippen molar-refractivity contribution in [2.24, 2.45) is 0 Å². The number of rotatable bonds is 6. The first-order valence-electron chi connectivity index (χ1n) is 5.47. The van der Waals surface area contributed by atoms with Gasteiger partial charge < -0.3 is 15.3 Å². The second-order valence-corrected chi connectivity index (χ2v) is 4.69. The third kappa shape index (κ3) is 3.97. The van der Waals surface area contributed by atoms with Crippen LogP contribution < -0.4 is 5.32 Å². The summed E-state index contributed by atoms with van der Waals surface area (Å²) < 4.78 is 0. The topological polar surface area (TPSA) is 69.6 Å². The predicted molar refractivity (Wildman–Crippen MR) is 71.8 cm³/mol. The smallest absolute Gasteiger partial charge is 0.264 e. The summed E-state index contributed by atoms with van der Waals surface area (Å²) in [5, 5.41) is 12.2. The molecule has 0 unspecified atom stereocenters. The molecule has 6 heteroatoms. The first-order chi connectivity index (χ1) is 8.58. The summed E-state index contributed by atoms with van der Waals surface area (Å²) in [5.41, 5.74) is 0. The summed E-state index contributed by atoms with van der Waals surface area (Å²) in [7, 11) is 0. The molecule has 1 rings (SSSR count). The number of hydrogen-bond acceptors (Lipinski definition) is 4. The van der Waals surface area contributed by atoms with E-state index in [1.165, 1.54) is 23.2 Å². The van der Waals surface area contributed by atoms with Crippen LogP contribution in [-0.2, 0) is 4.79 Å². The van der Waals surface area contributed by atoms with Gasteiger partial charge in [0.05, 0.1) is 16.5 Å².